The molecule has 15 nitrogen and oxygen atoms in total. The second-order valence-electron chi connectivity index (χ2n) is 15.3. The summed E-state index contributed by atoms with van der Waals surface area (Å²) in [5, 5.41) is 19.2. The second-order valence-corrected chi connectivity index (χ2v) is 15.3. The van der Waals surface area contributed by atoms with Crippen LogP contribution in [-0.2, 0) is 33.6 Å². The van der Waals surface area contributed by atoms with Gasteiger partial charge in [0.1, 0.15) is 36.3 Å². The minimum Gasteiger partial charge on any atom is -0.354 e. The minimum absolute atomic E-state index is 0.0158. The summed E-state index contributed by atoms with van der Waals surface area (Å²) in [6.45, 7) is 11.8. The molecular weight excluding hydrogens is 716 g/mol. The number of nitrogens with zero attached hydrogens (tertiary/aromatic N) is 1. The Morgan fingerprint density at radius 3 is 1.89 bits per heavy atom. The van der Waals surface area contributed by atoms with Crippen molar-refractivity contribution in [3.05, 3.63) is 71.3 Å². The highest BCUT2D eigenvalue weighted by Gasteiger charge is 2.37. The number of benzene rings is 1. The normalized spacial score (nSPS) is 28.1. The molecule has 0 radical (unpaired) electrons. The summed E-state index contributed by atoms with van der Waals surface area (Å²) in [4.78, 5) is 99.6. The van der Waals surface area contributed by atoms with Crippen molar-refractivity contribution in [2.24, 2.45) is 16.8 Å². The Morgan fingerprint density at radius 1 is 0.661 bits per heavy atom. The Balaban J connectivity index is 1.64. The molecule has 0 saturated carbocycles. The molecule has 1 aliphatic carbocycles. The number of fused-ring (bicyclic) bond motifs is 1. The fraction of sp³-hybridized carbons (Fsp3) is 0.512. The smallest absolute Gasteiger partial charge is 0.243 e. The van der Waals surface area contributed by atoms with Crippen LogP contribution in [0.2, 0.25) is 0 Å². The Labute approximate surface area is 328 Å². The van der Waals surface area contributed by atoms with Gasteiger partial charge in [-0.3, -0.25) is 38.6 Å². The van der Waals surface area contributed by atoms with Gasteiger partial charge in [-0.05, 0) is 48.8 Å². The van der Waals surface area contributed by atoms with Crippen LogP contribution in [0.15, 0.2) is 70.8 Å². The summed E-state index contributed by atoms with van der Waals surface area (Å²) < 4.78 is 0. The number of aliphatic imine (C=N–C) groups is 1. The molecule has 8 unspecified atom stereocenters. The van der Waals surface area contributed by atoms with Gasteiger partial charge in [0.05, 0.1) is 6.04 Å². The van der Waals surface area contributed by atoms with Crippen LogP contribution >= 0.6 is 0 Å². The standard InChI is InChI=1S/C41H56N8O7/c1-22(2)33-39(54)45-26(7)36(51)46-31(20-28-21-43-30-17-12-11-16-29(28)30)38(53)42-19-13-18-32(50)44-25(6)37(52)47-34(23(3)4)40(55)49-35(41(56)48-33)24(5)27-14-9-8-10-15-27/h8-12,14-17,21-26,30-31,33-35H,13,18-20H2,1-7H3,(H,42,53)(H,44,50)(H,45,54)(H,46,51)(H,47,52)(H,48,56)(H,49,55). The molecule has 1 saturated heterocycles. The first kappa shape index (κ1) is 43.1. The van der Waals surface area contributed by atoms with Crippen molar-refractivity contribution in [3.63, 3.8) is 0 Å². The summed E-state index contributed by atoms with van der Waals surface area (Å²) >= 11 is 0. The maximum atomic E-state index is 14.1. The van der Waals surface area contributed by atoms with Crippen LogP contribution in [0, 0.1) is 11.8 Å². The molecule has 2 aliphatic heterocycles. The van der Waals surface area contributed by atoms with Crippen molar-refractivity contribution in [1.29, 1.82) is 0 Å². The third-order valence-corrected chi connectivity index (χ3v) is 10.1. The maximum absolute atomic E-state index is 14.1. The Morgan fingerprint density at radius 2 is 1.23 bits per heavy atom. The quantitative estimate of drug-likeness (QED) is 0.224. The average molecular weight is 773 g/mol. The highest BCUT2D eigenvalue weighted by molar-refractivity contribution is 5.98. The number of hydrogen-bond donors (Lipinski definition) is 7. The van der Waals surface area contributed by atoms with Crippen molar-refractivity contribution in [3.8, 4) is 0 Å². The number of amides is 7. The summed E-state index contributed by atoms with van der Waals surface area (Å²) in [5.41, 5.74) is 2.42. The predicted octanol–water partition coefficient (Wildman–Crippen LogP) is 1.23. The third-order valence-electron chi connectivity index (χ3n) is 10.1. The van der Waals surface area contributed by atoms with E-state index in [1.54, 1.807) is 53.0 Å². The van der Waals surface area contributed by atoms with Gasteiger partial charge in [0.2, 0.25) is 41.4 Å². The Hall–Kier alpha value is -5.60. The van der Waals surface area contributed by atoms with Gasteiger partial charge in [-0.2, -0.15) is 0 Å². The van der Waals surface area contributed by atoms with E-state index in [0.29, 0.717) is 0 Å². The van der Waals surface area contributed by atoms with E-state index in [1.165, 1.54) is 13.8 Å². The van der Waals surface area contributed by atoms with Crippen LogP contribution in [0.25, 0.3) is 0 Å². The van der Waals surface area contributed by atoms with Gasteiger partial charge < -0.3 is 37.2 Å². The van der Waals surface area contributed by atoms with Crippen molar-refractivity contribution in [1.82, 2.24) is 37.2 Å². The zero-order valence-corrected chi connectivity index (χ0v) is 33.2. The molecule has 0 aromatic heterocycles. The summed E-state index contributed by atoms with van der Waals surface area (Å²) in [6.07, 6.45) is 9.62. The lowest BCUT2D eigenvalue weighted by Gasteiger charge is -2.31. The van der Waals surface area contributed by atoms with E-state index in [2.05, 4.69) is 42.2 Å². The molecule has 8 atom stereocenters. The molecule has 7 amide bonds. The van der Waals surface area contributed by atoms with Crippen molar-refractivity contribution >= 4 is 47.6 Å². The van der Waals surface area contributed by atoms with Gasteiger partial charge in [-0.1, -0.05) is 89.3 Å². The molecule has 7 N–H and O–H groups in total. The highest BCUT2D eigenvalue weighted by atomic mass is 16.2. The summed E-state index contributed by atoms with van der Waals surface area (Å²) in [5.74, 6) is -5.49. The molecule has 302 valence electrons. The predicted molar refractivity (Wildman–Crippen MR) is 212 cm³/mol. The molecule has 3 aliphatic rings. The van der Waals surface area contributed by atoms with Crippen molar-refractivity contribution in [2.75, 3.05) is 6.54 Å². The molecular formula is C41H56N8O7. The van der Waals surface area contributed by atoms with Gasteiger partial charge in [0.15, 0.2) is 0 Å². The summed E-state index contributed by atoms with van der Waals surface area (Å²) in [6, 6.07) is 2.36. The van der Waals surface area contributed by atoms with Gasteiger partial charge in [0, 0.05) is 31.5 Å². The van der Waals surface area contributed by atoms with Gasteiger partial charge in [-0.15, -0.1) is 0 Å². The molecule has 4 rings (SSSR count). The number of rotatable bonds is 6. The Kier molecular flexibility index (Phi) is 15.3. The van der Waals surface area contributed by atoms with E-state index in [4.69, 9.17) is 0 Å². The molecule has 56 heavy (non-hydrogen) atoms. The van der Waals surface area contributed by atoms with E-state index in [1.807, 2.05) is 42.5 Å². The lowest BCUT2D eigenvalue weighted by molar-refractivity contribution is -0.136. The van der Waals surface area contributed by atoms with E-state index >= 15 is 0 Å². The van der Waals surface area contributed by atoms with Crippen LogP contribution in [0.5, 0.6) is 0 Å². The first-order valence-electron chi connectivity index (χ1n) is 19.3. The fourth-order valence-electron chi connectivity index (χ4n) is 6.63. The summed E-state index contributed by atoms with van der Waals surface area (Å²) in [7, 11) is 0. The number of nitrogens with one attached hydrogen (secondary N) is 7. The number of hydrogen-bond acceptors (Lipinski definition) is 8. The number of carbonyl (C=O) groups is 7. The molecule has 15 heteroatoms. The number of allylic oxidation sites excluding steroid dienone is 2. The Bertz CT molecular complexity index is 1770. The van der Waals surface area contributed by atoms with Crippen molar-refractivity contribution < 1.29 is 33.6 Å². The van der Waals surface area contributed by atoms with Gasteiger partial charge in [0.25, 0.3) is 0 Å². The van der Waals surface area contributed by atoms with Gasteiger partial charge >= 0.3 is 0 Å². The van der Waals surface area contributed by atoms with Crippen molar-refractivity contribution in [2.45, 2.75) is 116 Å². The largest absolute Gasteiger partial charge is 0.354 e. The zero-order valence-electron chi connectivity index (χ0n) is 33.2. The molecule has 2 heterocycles. The van der Waals surface area contributed by atoms with Crippen LogP contribution in [0.4, 0.5) is 0 Å². The lowest BCUT2D eigenvalue weighted by atomic mass is 9.91. The van der Waals surface area contributed by atoms with E-state index in [9.17, 15) is 33.6 Å². The first-order chi connectivity index (χ1) is 26.6. The second kappa shape index (κ2) is 19.8. The third kappa shape index (κ3) is 11.5. The first-order valence-corrected chi connectivity index (χ1v) is 19.3. The fourth-order valence-corrected chi connectivity index (χ4v) is 6.63. The maximum Gasteiger partial charge on any atom is 0.243 e. The number of carbonyl (C=O) groups excluding carboxylic acids is 7. The lowest BCUT2D eigenvalue weighted by Crippen LogP contribution is -2.61. The molecule has 1 aromatic rings. The highest BCUT2D eigenvalue weighted by Crippen LogP contribution is 2.26. The van der Waals surface area contributed by atoms with E-state index in [-0.39, 0.29) is 31.8 Å². The van der Waals surface area contributed by atoms with Crippen LogP contribution in [0.3, 0.4) is 0 Å². The van der Waals surface area contributed by atoms with Crippen LogP contribution < -0.4 is 37.2 Å². The topological polar surface area (TPSA) is 216 Å². The molecule has 1 fully saturated rings. The van der Waals surface area contributed by atoms with E-state index < -0.39 is 95.4 Å². The molecule has 1 aromatic carbocycles. The van der Waals surface area contributed by atoms with Crippen LogP contribution in [-0.4, -0.2) is 96.4 Å². The van der Waals surface area contributed by atoms with E-state index in [0.717, 1.165) is 16.7 Å². The zero-order chi connectivity index (χ0) is 41.1. The molecule has 0 bridgehead atoms. The SMILES string of the molecule is CC1NC(=O)CCCNC(=O)C(CC2=C3C=CC=CC3N=C2)NC(=O)C(C)NC(=O)C(C(C)C)NC(=O)C(C(C)c2ccccc2)NC(=O)C(C(C)C)NC1=O. The van der Waals surface area contributed by atoms with Crippen LogP contribution in [0.1, 0.15) is 79.2 Å². The monoisotopic (exact) mass is 772 g/mol. The average Bonchev–Trinajstić information content (AvgIpc) is 3.57. The van der Waals surface area contributed by atoms with Gasteiger partial charge in [-0.25, -0.2) is 0 Å². The minimum atomic E-state index is -1.18. The molecule has 0 spiro atoms.